The largest absolute Gasteiger partial charge is 0.469 e. The molecule has 2 atom stereocenters. The van der Waals surface area contributed by atoms with Crippen LogP contribution in [0.2, 0.25) is 0 Å². The van der Waals surface area contributed by atoms with Gasteiger partial charge in [0.2, 0.25) is 10.0 Å². The number of methoxy groups -OCH3 is 1. The summed E-state index contributed by atoms with van der Waals surface area (Å²) >= 11 is 0. The van der Waals surface area contributed by atoms with E-state index in [2.05, 4.69) is 9.46 Å². The van der Waals surface area contributed by atoms with Crippen LogP contribution in [0.5, 0.6) is 0 Å². The molecule has 0 radical (unpaired) electrons. The second kappa shape index (κ2) is 6.85. The van der Waals surface area contributed by atoms with Gasteiger partial charge in [-0.25, -0.2) is 13.1 Å². The number of rotatable bonds is 6. The van der Waals surface area contributed by atoms with Gasteiger partial charge < -0.3 is 4.74 Å². The first-order chi connectivity index (χ1) is 9.26. The van der Waals surface area contributed by atoms with Gasteiger partial charge in [0.05, 0.1) is 17.9 Å². The van der Waals surface area contributed by atoms with Crippen molar-refractivity contribution in [3.63, 3.8) is 0 Å². The maximum Gasteiger partial charge on any atom is 0.308 e. The summed E-state index contributed by atoms with van der Waals surface area (Å²) in [6.07, 6.45) is 0.387. The van der Waals surface area contributed by atoms with Crippen LogP contribution < -0.4 is 4.72 Å². The molecule has 0 unspecified atom stereocenters. The molecule has 112 valence electrons. The van der Waals surface area contributed by atoms with Crippen LogP contribution in [0.4, 0.5) is 0 Å². The van der Waals surface area contributed by atoms with Gasteiger partial charge in [-0.2, -0.15) is 0 Å². The SMILES string of the molecule is COC(=O)[C@@H](C)C[C@H](C)NS(=O)(=O)c1ccc(C)cc1. The Balaban J connectivity index is 2.71. The van der Waals surface area contributed by atoms with E-state index in [1.165, 1.54) is 7.11 Å². The van der Waals surface area contributed by atoms with E-state index in [1.807, 2.05) is 6.92 Å². The fraction of sp³-hybridized carbons (Fsp3) is 0.500. The predicted molar refractivity (Wildman–Crippen MR) is 76.8 cm³/mol. The number of hydrogen-bond donors (Lipinski definition) is 1. The summed E-state index contributed by atoms with van der Waals surface area (Å²) in [6.45, 7) is 5.33. The highest BCUT2D eigenvalue weighted by Gasteiger charge is 2.21. The van der Waals surface area contributed by atoms with Crippen molar-refractivity contribution >= 4 is 16.0 Å². The summed E-state index contributed by atoms with van der Waals surface area (Å²) < 4.78 is 31.5. The molecule has 0 fully saturated rings. The molecule has 0 aliphatic carbocycles. The van der Waals surface area contributed by atoms with E-state index in [0.29, 0.717) is 6.42 Å². The van der Waals surface area contributed by atoms with E-state index < -0.39 is 10.0 Å². The van der Waals surface area contributed by atoms with Crippen molar-refractivity contribution in [3.05, 3.63) is 29.8 Å². The number of aryl methyl sites for hydroxylation is 1. The Morgan fingerprint density at radius 3 is 2.30 bits per heavy atom. The summed E-state index contributed by atoms with van der Waals surface area (Å²) in [6, 6.07) is 6.27. The zero-order valence-corrected chi connectivity index (χ0v) is 13.0. The van der Waals surface area contributed by atoms with Crippen LogP contribution in [0.25, 0.3) is 0 Å². The smallest absolute Gasteiger partial charge is 0.308 e. The number of nitrogens with one attached hydrogen (secondary N) is 1. The Kier molecular flexibility index (Phi) is 5.71. The molecule has 1 rings (SSSR count). The number of esters is 1. The summed E-state index contributed by atoms with van der Waals surface area (Å²) in [4.78, 5) is 11.5. The van der Waals surface area contributed by atoms with Crippen LogP contribution in [0.1, 0.15) is 25.8 Å². The third kappa shape index (κ3) is 4.61. The average molecular weight is 299 g/mol. The van der Waals surface area contributed by atoms with Gasteiger partial charge in [0.25, 0.3) is 0 Å². The lowest BCUT2D eigenvalue weighted by Gasteiger charge is -2.17. The molecule has 0 amide bonds. The zero-order valence-electron chi connectivity index (χ0n) is 12.2. The molecule has 1 aromatic carbocycles. The quantitative estimate of drug-likeness (QED) is 0.814. The average Bonchev–Trinajstić information content (AvgIpc) is 2.37. The normalized spacial score (nSPS) is 14.6. The van der Waals surface area contributed by atoms with Crippen molar-refractivity contribution in [1.29, 1.82) is 0 Å². The van der Waals surface area contributed by atoms with Crippen LogP contribution in [0, 0.1) is 12.8 Å². The minimum Gasteiger partial charge on any atom is -0.469 e. The van der Waals surface area contributed by atoms with Crippen LogP contribution in [-0.4, -0.2) is 27.5 Å². The van der Waals surface area contributed by atoms with Gasteiger partial charge >= 0.3 is 5.97 Å². The molecular weight excluding hydrogens is 278 g/mol. The lowest BCUT2D eigenvalue weighted by molar-refractivity contribution is -0.145. The highest BCUT2D eigenvalue weighted by atomic mass is 32.2. The van der Waals surface area contributed by atoms with Crippen molar-refractivity contribution in [1.82, 2.24) is 4.72 Å². The van der Waals surface area contributed by atoms with E-state index in [9.17, 15) is 13.2 Å². The molecule has 6 heteroatoms. The second-order valence-electron chi connectivity index (χ2n) is 5.00. The highest BCUT2D eigenvalue weighted by molar-refractivity contribution is 7.89. The van der Waals surface area contributed by atoms with E-state index in [-0.39, 0.29) is 22.8 Å². The number of benzene rings is 1. The minimum atomic E-state index is -3.56. The van der Waals surface area contributed by atoms with Crippen LogP contribution >= 0.6 is 0 Å². The van der Waals surface area contributed by atoms with Gasteiger partial charge in [-0.05, 0) is 32.4 Å². The third-order valence-electron chi connectivity index (χ3n) is 3.00. The standard InChI is InChI=1S/C14H21NO4S/c1-10-5-7-13(8-6-10)20(17,18)15-12(3)9-11(2)14(16)19-4/h5-8,11-12,15H,9H2,1-4H3/t11-,12-/m0/s1. The van der Waals surface area contributed by atoms with Gasteiger partial charge in [0.15, 0.2) is 0 Å². The maximum absolute atomic E-state index is 12.1. The molecule has 0 spiro atoms. The Hall–Kier alpha value is -1.40. The molecule has 0 aliphatic rings. The van der Waals surface area contributed by atoms with E-state index in [1.54, 1.807) is 38.1 Å². The van der Waals surface area contributed by atoms with Gasteiger partial charge in [-0.15, -0.1) is 0 Å². The van der Waals surface area contributed by atoms with Crippen LogP contribution in [0.3, 0.4) is 0 Å². The first-order valence-corrected chi connectivity index (χ1v) is 7.91. The van der Waals surface area contributed by atoms with Crippen LogP contribution in [-0.2, 0) is 19.6 Å². The molecule has 1 aromatic rings. The molecule has 0 aliphatic heterocycles. The Bertz CT molecular complexity index is 551. The summed E-state index contributed by atoms with van der Waals surface area (Å²) in [7, 11) is -2.24. The number of sulfonamides is 1. The van der Waals surface area contributed by atoms with Crippen molar-refractivity contribution in [2.24, 2.45) is 5.92 Å². The molecule has 5 nitrogen and oxygen atoms in total. The lowest BCUT2D eigenvalue weighted by Crippen LogP contribution is -2.35. The predicted octanol–water partition coefficient (Wildman–Crippen LogP) is 1.86. The minimum absolute atomic E-state index is 0.223. The van der Waals surface area contributed by atoms with E-state index in [0.717, 1.165) is 5.56 Å². The molecule has 0 saturated heterocycles. The Morgan fingerprint density at radius 2 is 1.80 bits per heavy atom. The van der Waals surface area contributed by atoms with Gasteiger partial charge in [0.1, 0.15) is 0 Å². The number of hydrogen-bond acceptors (Lipinski definition) is 4. The molecular formula is C14H21NO4S. The summed E-state index contributed by atoms with van der Waals surface area (Å²) in [5.74, 6) is -0.692. The van der Waals surface area contributed by atoms with Gasteiger partial charge in [-0.1, -0.05) is 24.6 Å². The lowest BCUT2D eigenvalue weighted by atomic mass is 10.0. The Labute approximate surface area is 120 Å². The number of carbonyl (C=O) groups is 1. The zero-order chi connectivity index (χ0) is 15.3. The van der Waals surface area contributed by atoms with Crippen molar-refractivity contribution in [2.75, 3.05) is 7.11 Å². The number of ether oxygens (including phenoxy) is 1. The molecule has 0 bridgehead atoms. The molecule has 0 aromatic heterocycles. The molecule has 20 heavy (non-hydrogen) atoms. The monoisotopic (exact) mass is 299 g/mol. The van der Waals surface area contributed by atoms with Gasteiger partial charge in [0, 0.05) is 6.04 Å². The topological polar surface area (TPSA) is 72.5 Å². The van der Waals surface area contributed by atoms with Gasteiger partial charge in [-0.3, -0.25) is 4.79 Å². The second-order valence-corrected chi connectivity index (χ2v) is 6.71. The summed E-state index contributed by atoms with van der Waals surface area (Å²) in [5.41, 5.74) is 0.997. The maximum atomic E-state index is 12.1. The van der Waals surface area contributed by atoms with E-state index in [4.69, 9.17) is 0 Å². The van der Waals surface area contributed by atoms with E-state index >= 15 is 0 Å². The van der Waals surface area contributed by atoms with Crippen LogP contribution in [0.15, 0.2) is 29.2 Å². The number of carbonyl (C=O) groups excluding carboxylic acids is 1. The molecule has 0 heterocycles. The highest BCUT2D eigenvalue weighted by Crippen LogP contribution is 2.13. The molecule has 1 N–H and O–H groups in total. The first kappa shape index (κ1) is 16.7. The Morgan fingerprint density at radius 1 is 1.25 bits per heavy atom. The fourth-order valence-electron chi connectivity index (χ4n) is 1.93. The van der Waals surface area contributed by atoms with Crippen molar-refractivity contribution < 1.29 is 17.9 Å². The molecule has 0 saturated carbocycles. The summed E-state index contributed by atoms with van der Waals surface area (Å²) in [5, 5.41) is 0. The fourth-order valence-corrected chi connectivity index (χ4v) is 3.18. The third-order valence-corrected chi connectivity index (χ3v) is 4.60. The van der Waals surface area contributed by atoms with Crippen molar-refractivity contribution in [3.8, 4) is 0 Å². The first-order valence-electron chi connectivity index (χ1n) is 6.43. The van der Waals surface area contributed by atoms with Crippen molar-refractivity contribution in [2.45, 2.75) is 38.1 Å².